The fourth-order valence-corrected chi connectivity index (χ4v) is 1.76. The number of H-pyrrole nitrogens is 1. The fraction of sp³-hybridized carbons (Fsp3) is 0.357. The minimum Gasteiger partial charge on any atom is -0.410 e. The van der Waals surface area contributed by atoms with Crippen molar-refractivity contribution in [3.05, 3.63) is 30.3 Å². The Kier molecular flexibility index (Phi) is 6.39. The zero-order chi connectivity index (χ0) is 14.3. The van der Waals surface area contributed by atoms with Crippen LogP contribution in [0.4, 0.5) is 0 Å². The van der Waals surface area contributed by atoms with E-state index in [1.807, 2.05) is 43.3 Å². The number of nitrogens with zero attached hydrogens (tertiary/aromatic N) is 1. The molecular formula is C14H19ClN2O2. The van der Waals surface area contributed by atoms with Crippen molar-refractivity contribution < 1.29 is 9.53 Å². The number of aromatic amines is 1. The Hall–Kier alpha value is -1.52. The van der Waals surface area contributed by atoms with Crippen molar-refractivity contribution >= 4 is 28.5 Å². The lowest BCUT2D eigenvalue weighted by molar-refractivity contribution is -0.132. The number of esters is 1. The second-order valence-corrected chi connectivity index (χ2v) is 4.68. The lowest BCUT2D eigenvalue weighted by Crippen LogP contribution is -2.13. The van der Waals surface area contributed by atoms with E-state index in [2.05, 4.69) is 4.98 Å². The third-order valence-electron chi connectivity index (χ3n) is 2.29. The van der Waals surface area contributed by atoms with Crippen LogP contribution in [0.25, 0.3) is 10.9 Å². The zero-order valence-corrected chi connectivity index (χ0v) is 12.2. The van der Waals surface area contributed by atoms with Crippen LogP contribution in [0.2, 0.25) is 0 Å². The molecule has 4 nitrogen and oxygen atoms in total. The van der Waals surface area contributed by atoms with Gasteiger partial charge in [0, 0.05) is 36.3 Å². The third kappa shape index (κ3) is 5.77. The smallest absolute Gasteiger partial charge is 0.309 e. The number of rotatable bonds is 3. The van der Waals surface area contributed by atoms with Crippen molar-refractivity contribution in [1.29, 1.82) is 0 Å². The van der Waals surface area contributed by atoms with Crippen LogP contribution in [0, 0.1) is 0 Å². The molecule has 0 aliphatic heterocycles. The second kappa shape index (κ2) is 7.81. The van der Waals surface area contributed by atoms with Crippen molar-refractivity contribution in [2.24, 2.45) is 0 Å². The summed E-state index contributed by atoms with van der Waals surface area (Å²) >= 11 is 5.35. The molecule has 1 aromatic carbocycles. The van der Waals surface area contributed by atoms with Gasteiger partial charge in [0.05, 0.1) is 0 Å². The molecule has 0 unspecified atom stereocenters. The monoisotopic (exact) mass is 282 g/mol. The van der Waals surface area contributed by atoms with Gasteiger partial charge in [-0.2, -0.15) is 0 Å². The molecule has 1 N–H and O–H groups in total. The second-order valence-electron chi connectivity index (χ2n) is 4.31. The minimum atomic E-state index is -0.313. The molecule has 0 saturated carbocycles. The molecule has 1 aromatic heterocycles. The first-order valence-electron chi connectivity index (χ1n) is 5.99. The quantitative estimate of drug-likeness (QED) is 0.695. The van der Waals surface area contributed by atoms with Gasteiger partial charge < -0.3 is 14.6 Å². The van der Waals surface area contributed by atoms with Crippen LogP contribution < -0.4 is 4.74 Å². The largest absolute Gasteiger partial charge is 0.410 e. The van der Waals surface area contributed by atoms with Crippen molar-refractivity contribution in [2.45, 2.75) is 6.92 Å². The topological polar surface area (TPSA) is 45.3 Å². The lowest BCUT2D eigenvalue weighted by Gasteiger charge is -2.02. The number of fused-ring (bicyclic) bond motifs is 1. The molecule has 19 heavy (non-hydrogen) atoms. The predicted octanol–water partition coefficient (Wildman–Crippen LogP) is 2.88. The highest BCUT2D eigenvalue weighted by Crippen LogP contribution is 2.19. The molecule has 0 aliphatic rings. The summed E-state index contributed by atoms with van der Waals surface area (Å²) in [5.74, 6) is 0.910. The molecule has 0 radical (unpaired) electrons. The number of carbonyl (C=O) groups excluding carboxylic acids is 1. The van der Waals surface area contributed by atoms with Crippen molar-refractivity contribution in [3.8, 4) is 5.88 Å². The molecule has 0 bridgehead atoms. The first-order valence-corrected chi connectivity index (χ1v) is 6.53. The molecule has 0 spiro atoms. The Bertz CT molecular complexity index is 490. The number of hydrogen-bond acceptors (Lipinski definition) is 3. The summed E-state index contributed by atoms with van der Waals surface area (Å²) in [6.45, 7) is 2.35. The average Bonchev–Trinajstić information content (AvgIpc) is 2.70. The van der Waals surface area contributed by atoms with Gasteiger partial charge in [-0.05, 0) is 20.2 Å². The van der Waals surface area contributed by atoms with Crippen LogP contribution >= 0.6 is 11.6 Å². The Morgan fingerprint density at radius 3 is 2.53 bits per heavy atom. The molecule has 5 heteroatoms. The summed E-state index contributed by atoms with van der Waals surface area (Å²) < 4.78 is 4.90. The van der Waals surface area contributed by atoms with E-state index >= 15 is 0 Å². The Morgan fingerprint density at radius 1 is 1.37 bits per heavy atom. The van der Waals surface area contributed by atoms with E-state index < -0.39 is 0 Å². The predicted molar refractivity (Wildman–Crippen MR) is 78.9 cm³/mol. The Labute approximate surface area is 118 Å². The van der Waals surface area contributed by atoms with Crippen LogP contribution in [-0.2, 0) is 4.79 Å². The van der Waals surface area contributed by atoms with Gasteiger partial charge in [0.15, 0.2) is 0 Å². The number of benzene rings is 1. The molecule has 104 valence electrons. The number of ether oxygens (including phenoxy) is 1. The highest BCUT2D eigenvalue weighted by atomic mass is 35.5. The van der Waals surface area contributed by atoms with E-state index in [0.29, 0.717) is 5.88 Å². The van der Waals surface area contributed by atoms with Gasteiger partial charge in [-0.25, -0.2) is 0 Å². The van der Waals surface area contributed by atoms with Crippen molar-refractivity contribution in [2.75, 3.05) is 26.5 Å². The normalized spacial score (nSPS) is 10.2. The van der Waals surface area contributed by atoms with E-state index in [1.165, 1.54) is 6.92 Å². The van der Waals surface area contributed by atoms with Gasteiger partial charge >= 0.3 is 5.97 Å². The van der Waals surface area contributed by atoms with Gasteiger partial charge in [0.1, 0.15) is 0 Å². The number of alkyl halides is 1. The van der Waals surface area contributed by atoms with Crippen LogP contribution in [-0.4, -0.2) is 42.4 Å². The molecule has 2 rings (SSSR count). The minimum absolute atomic E-state index is 0.313. The number of para-hydroxylation sites is 1. The summed E-state index contributed by atoms with van der Waals surface area (Å²) in [4.78, 5) is 15.7. The van der Waals surface area contributed by atoms with Crippen LogP contribution in [0.1, 0.15) is 6.92 Å². The van der Waals surface area contributed by atoms with Crippen LogP contribution in [0.15, 0.2) is 30.3 Å². The number of hydrogen-bond donors (Lipinski definition) is 1. The molecular weight excluding hydrogens is 264 g/mol. The fourth-order valence-electron chi connectivity index (χ4n) is 1.43. The number of carbonyl (C=O) groups is 1. The molecule has 0 fully saturated rings. The van der Waals surface area contributed by atoms with E-state index in [4.69, 9.17) is 16.3 Å². The van der Waals surface area contributed by atoms with E-state index in [0.717, 1.165) is 23.3 Å². The summed E-state index contributed by atoms with van der Waals surface area (Å²) in [7, 11) is 4.00. The third-order valence-corrected chi connectivity index (χ3v) is 2.46. The van der Waals surface area contributed by atoms with Crippen LogP contribution in [0.5, 0.6) is 5.88 Å². The molecule has 0 aliphatic carbocycles. The average molecular weight is 283 g/mol. The number of halogens is 1. The summed E-state index contributed by atoms with van der Waals surface area (Å²) in [5.41, 5.74) is 0.971. The van der Waals surface area contributed by atoms with Gasteiger partial charge in [-0.1, -0.05) is 18.2 Å². The summed E-state index contributed by atoms with van der Waals surface area (Å²) in [6.07, 6.45) is 0. The van der Waals surface area contributed by atoms with E-state index in [9.17, 15) is 4.79 Å². The lowest BCUT2D eigenvalue weighted by atomic mass is 10.3. The van der Waals surface area contributed by atoms with Crippen molar-refractivity contribution in [3.63, 3.8) is 0 Å². The highest BCUT2D eigenvalue weighted by molar-refractivity contribution is 6.18. The Balaban J connectivity index is 0.000000258. The summed E-state index contributed by atoms with van der Waals surface area (Å²) in [5, 5.41) is 1.04. The van der Waals surface area contributed by atoms with Gasteiger partial charge in [0.2, 0.25) is 5.88 Å². The summed E-state index contributed by atoms with van der Waals surface area (Å²) in [6, 6.07) is 9.56. The first-order chi connectivity index (χ1) is 9.02. The van der Waals surface area contributed by atoms with Gasteiger partial charge in [0.25, 0.3) is 0 Å². The highest BCUT2D eigenvalue weighted by Gasteiger charge is 2.01. The van der Waals surface area contributed by atoms with E-state index in [-0.39, 0.29) is 5.97 Å². The molecule has 1 heterocycles. The standard InChI is InChI=1S/C10H9NO2.C4H10ClN/c1-7(12)13-10-6-8-4-2-3-5-9(8)11-10;1-6(2)4-3-5/h2-6,11H,1H3;3-4H2,1-2H3. The van der Waals surface area contributed by atoms with E-state index in [1.54, 1.807) is 6.07 Å². The number of aromatic nitrogens is 1. The maximum Gasteiger partial charge on any atom is 0.309 e. The van der Waals surface area contributed by atoms with Gasteiger partial charge in [-0.15, -0.1) is 11.6 Å². The Morgan fingerprint density at radius 2 is 2.05 bits per heavy atom. The SMILES string of the molecule is CC(=O)Oc1cc2ccccc2[nH]1.CN(C)CCCl. The molecule has 0 saturated heterocycles. The molecule has 0 atom stereocenters. The molecule has 2 aromatic rings. The number of nitrogens with one attached hydrogen (secondary N) is 1. The van der Waals surface area contributed by atoms with Crippen LogP contribution in [0.3, 0.4) is 0 Å². The first kappa shape index (κ1) is 15.5. The van der Waals surface area contributed by atoms with Gasteiger partial charge in [-0.3, -0.25) is 4.79 Å². The van der Waals surface area contributed by atoms with Crippen molar-refractivity contribution in [1.82, 2.24) is 9.88 Å². The maximum absolute atomic E-state index is 10.6. The zero-order valence-electron chi connectivity index (χ0n) is 11.4. The molecule has 0 amide bonds. The maximum atomic E-state index is 10.6.